The van der Waals surface area contributed by atoms with E-state index in [1.807, 2.05) is 0 Å². The molecule has 0 aromatic carbocycles. The van der Waals surface area contributed by atoms with Crippen LogP contribution in [0.4, 0.5) is 18.0 Å². The Morgan fingerprint density at radius 3 is 2.45 bits per heavy atom. The number of alkyl halides is 3. The number of urea groups is 1. The van der Waals surface area contributed by atoms with Crippen LogP contribution in [0.15, 0.2) is 12.7 Å². The van der Waals surface area contributed by atoms with Gasteiger partial charge < -0.3 is 4.90 Å². The van der Waals surface area contributed by atoms with E-state index in [0.29, 0.717) is 9.58 Å². The quantitative estimate of drug-likeness (QED) is 0.767. The van der Waals surface area contributed by atoms with Gasteiger partial charge in [0.05, 0.1) is 6.54 Å². The molecule has 1 fully saturated rings. The van der Waals surface area contributed by atoms with Gasteiger partial charge in [0.1, 0.15) is 18.7 Å². The molecule has 1 aromatic rings. The maximum absolute atomic E-state index is 13.0. The fraction of sp³-hybridized carbons (Fsp3) is 0.600. The predicted molar refractivity (Wildman–Crippen MR) is 59.4 cm³/mol. The van der Waals surface area contributed by atoms with E-state index in [4.69, 9.17) is 0 Å². The van der Waals surface area contributed by atoms with Gasteiger partial charge in [-0.25, -0.2) is 14.5 Å². The van der Waals surface area contributed by atoms with E-state index in [1.165, 1.54) is 14.0 Å². The third-order valence-corrected chi connectivity index (χ3v) is 3.23. The van der Waals surface area contributed by atoms with Gasteiger partial charge in [0.2, 0.25) is 0 Å². The molecular formula is C10H12F3N5O2. The summed E-state index contributed by atoms with van der Waals surface area (Å²) in [5.74, 6) is -0.660. The van der Waals surface area contributed by atoms with Crippen molar-refractivity contribution in [3.8, 4) is 0 Å². The molecule has 0 radical (unpaired) electrons. The number of carbonyl (C=O) groups excluding carboxylic acids is 2. The van der Waals surface area contributed by atoms with Crippen LogP contribution in [0.2, 0.25) is 0 Å². The predicted octanol–water partition coefficient (Wildman–Crippen LogP) is 0.664. The fourth-order valence-corrected chi connectivity index (χ4v) is 1.90. The maximum Gasteiger partial charge on any atom is 0.412 e. The molecular weight excluding hydrogens is 279 g/mol. The Bertz CT molecular complexity index is 495. The van der Waals surface area contributed by atoms with E-state index in [-0.39, 0.29) is 0 Å². The van der Waals surface area contributed by atoms with Crippen molar-refractivity contribution in [2.75, 3.05) is 13.6 Å². The Morgan fingerprint density at radius 1 is 1.40 bits per heavy atom. The molecule has 1 aliphatic rings. The first-order chi connectivity index (χ1) is 9.23. The lowest BCUT2D eigenvalue weighted by molar-refractivity contribution is -0.173. The summed E-state index contributed by atoms with van der Waals surface area (Å²) in [6, 6.07) is -3.64. The number of hydrogen-bond donors (Lipinski definition) is 0. The van der Waals surface area contributed by atoms with Gasteiger partial charge in [-0.15, -0.1) is 0 Å². The summed E-state index contributed by atoms with van der Waals surface area (Å²) in [4.78, 5) is 28.7. The van der Waals surface area contributed by atoms with Crippen molar-refractivity contribution >= 4 is 11.9 Å². The van der Waals surface area contributed by atoms with Gasteiger partial charge in [-0.1, -0.05) is 0 Å². The second-order valence-electron chi connectivity index (χ2n) is 4.45. The molecule has 1 unspecified atom stereocenters. The summed E-state index contributed by atoms with van der Waals surface area (Å²) in [7, 11) is 1.36. The smallest absolute Gasteiger partial charge is 0.316 e. The normalized spacial score (nSPS) is 21.8. The Hall–Kier alpha value is -2.13. The van der Waals surface area contributed by atoms with Gasteiger partial charge in [0.25, 0.3) is 5.91 Å². The van der Waals surface area contributed by atoms with Crippen LogP contribution in [0.1, 0.15) is 13.0 Å². The van der Waals surface area contributed by atoms with Gasteiger partial charge in [0, 0.05) is 7.05 Å². The number of nitrogens with zero attached hydrogens (tertiary/aromatic N) is 5. The minimum Gasteiger partial charge on any atom is -0.316 e. The van der Waals surface area contributed by atoms with Gasteiger partial charge in [0.15, 0.2) is 6.04 Å². The number of likely N-dealkylation sites (N-methyl/N-ethyl adjacent to an activating group) is 1. The van der Waals surface area contributed by atoms with Crippen molar-refractivity contribution in [1.82, 2.24) is 24.6 Å². The van der Waals surface area contributed by atoms with E-state index >= 15 is 0 Å². The molecule has 110 valence electrons. The van der Waals surface area contributed by atoms with Crippen LogP contribution in [0.5, 0.6) is 0 Å². The second kappa shape index (κ2) is 4.76. The zero-order valence-electron chi connectivity index (χ0n) is 10.7. The standard InChI is InChI=1S/C10H12F3N5O2/c1-6-8(19)17(9(20)16(6)2)3-7(10(11,12)13)18-5-14-4-15-18/h4-7H,3H2,1-2H3/t6-,7?/m0/s1. The van der Waals surface area contributed by atoms with E-state index in [0.717, 1.165) is 17.6 Å². The molecule has 1 saturated heterocycles. The van der Waals surface area contributed by atoms with E-state index in [2.05, 4.69) is 10.1 Å². The molecule has 0 bridgehead atoms. The summed E-state index contributed by atoms with van der Waals surface area (Å²) in [6.07, 6.45) is -2.80. The zero-order chi connectivity index (χ0) is 15.1. The van der Waals surface area contributed by atoms with Crippen LogP contribution < -0.4 is 0 Å². The summed E-state index contributed by atoms with van der Waals surface area (Å²) < 4.78 is 39.7. The molecule has 0 spiro atoms. The third-order valence-electron chi connectivity index (χ3n) is 3.23. The molecule has 2 rings (SSSR count). The Balaban J connectivity index is 2.26. The van der Waals surface area contributed by atoms with Crippen LogP contribution >= 0.6 is 0 Å². The largest absolute Gasteiger partial charge is 0.412 e. The van der Waals surface area contributed by atoms with Crippen molar-refractivity contribution in [3.63, 3.8) is 0 Å². The summed E-state index contributed by atoms with van der Waals surface area (Å²) in [5.41, 5.74) is 0. The molecule has 0 saturated carbocycles. The minimum absolute atomic E-state index is 0.587. The lowest BCUT2D eigenvalue weighted by atomic mass is 10.2. The minimum atomic E-state index is -4.65. The van der Waals surface area contributed by atoms with Crippen LogP contribution in [-0.2, 0) is 4.79 Å². The van der Waals surface area contributed by atoms with Crippen LogP contribution in [0.25, 0.3) is 0 Å². The lowest BCUT2D eigenvalue weighted by Gasteiger charge is -2.24. The molecule has 2 heterocycles. The monoisotopic (exact) mass is 291 g/mol. The highest BCUT2D eigenvalue weighted by Gasteiger charge is 2.48. The molecule has 1 aliphatic heterocycles. The highest BCUT2D eigenvalue weighted by Crippen LogP contribution is 2.32. The average Bonchev–Trinajstić information content (AvgIpc) is 2.93. The maximum atomic E-state index is 13.0. The molecule has 3 amide bonds. The number of amides is 3. The van der Waals surface area contributed by atoms with Crippen molar-refractivity contribution in [3.05, 3.63) is 12.7 Å². The van der Waals surface area contributed by atoms with Gasteiger partial charge in [-0.2, -0.15) is 18.3 Å². The molecule has 10 heteroatoms. The number of halogens is 3. The molecule has 7 nitrogen and oxygen atoms in total. The molecule has 0 aliphatic carbocycles. The van der Waals surface area contributed by atoms with Crippen molar-refractivity contribution < 1.29 is 22.8 Å². The SMILES string of the molecule is C[C@H]1C(=O)N(CC(n2cncn2)C(F)(F)F)C(=O)N1C. The summed E-state index contributed by atoms with van der Waals surface area (Å²) in [5, 5.41) is 3.44. The first kappa shape index (κ1) is 14.3. The number of hydrogen-bond acceptors (Lipinski definition) is 4. The van der Waals surface area contributed by atoms with Crippen LogP contribution in [0.3, 0.4) is 0 Å². The van der Waals surface area contributed by atoms with Gasteiger partial charge in [-0.3, -0.25) is 9.69 Å². The fourth-order valence-electron chi connectivity index (χ4n) is 1.90. The molecule has 0 N–H and O–H groups in total. The average molecular weight is 291 g/mol. The lowest BCUT2D eigenvalue weighted by Crippen LogP contribution is -2.42. The van der Waals surface area contributed by atoms with Gasteiger partial charge >= 0.3 is 12.2 Å². The van der Waals surface area contributed by atoms with Crippen molar-refractivity contribution in [1.29, 1.82) is 0 Å². The van der Waals surface area contributed by atoms with Crippen LogP contribution in [-0.4, -0.2) is 62.3 Å². The highest BCUT2D eigenvalue weighted by molar-refractivity contribution is 6.03. The Kier molecular flexibility index (Phi) is 3.40. The summed E-state index contributed by atoms with van der Waals surface area (Å²) >= 11 is 0. The Morgan fingerprint density at radius 2 is 2.05 bits per heavy atom. The number of aromatic nitrogens is 3. The number of carbonyl (C=O) groups is 2. The third kappa shape index (κ3) is 2.32. The zero-order valence-corrected chi connectivity index (χ0v) is 10.7. The number of imide groups is 1. The van der Waals surface area contributed by atoms with E-state index in [1.54, 1.807) is 0 Å². The van der Waals surface area contributed by atoms with Crippen LogP contribution in [0, 0.1) is 0 Å². The first-order valence-corrected chi connectivity index (χ1v) is 5.72. The summed E-state index contributed by atoms with van der Waals surface area (Å²) in [6.45, 7) is 0.636. The molecule has 2 atom stereocenters. The van der Waals surface area contributed by atoms with E-state index < -0.39 is 36.7 Å². The van der Waals surface area contributed by atoms with E-state index in [9.17, 15) is 22.8 Å². The topological polar surface area (TPSA) is 71.3 Å². The highest BCUT2D eigenvalue weighted by atomic mass is 19.4. The van der Waals surface area contributed by atoms with Crippen molar-refractivity contribution in [2.24, 2.45) is 0 Å². The second-order valence-corrected chi connectivity index (χ2v) is 4.45. The first-order valence-electron chi connectivity index (χ1n) is 5.72. The van der Waals surface area contributed by atoms with Gasteiger partial charge in [-0.05, 0) is 6.92 Å². The Labute approximate surface area is 112 Å². The molecule has 20 heavy (non-hydrogen) atoms. The molecule has 1 aromatic heterocycles. The number of rotatable bonds is 3. The van der Waals surface area contributed by atoms with Crippen molar-refractivity contribution in [2.45, 2.75) is 25.2 Å².